The second kappa shape index (κ2) is 6.84. The fourth-order valence-corrected chi connectivity index (χ4v) is 2.94. The monoisotopic (exact) mass is 346 g/mol. The topological polar surface area (TPSA) is 62.1 Å². The van der Waals surface area contributed by atoms with Gasteiger partial charge in [0.1, 0.15) is 17.0 Å². The van der Waals surface area contributed by atoms with E-state index in [1.54, 1.807) is 20.5 Å². The van der Waals surface area contributed by atoms with Gasteiger partial charge in [-0.05, 0) is 17.7 Å². The van der Waals surface area contributed by atoms with Gasteiger partial charge in [-0.2, -0.15) is 9.97 Å². The number of hydrogen-bond donors (Lipinski definition) is 0. The predicted octanol–water partition coefficient (Wildman–Crippen LogP) is 3.56. The molecule has 6 heteroatoms. The highest BCUT2D eigenvalue weighted by molar-refractivity contribution is 5.89. The van der Waals surface area contributed by atoms with Crippen LogP contribution in [0.5, 0.6) is 11.8 Å². The van der Waals surface area contributed by atoms with E-state index in [4.69, 9.17) is 9.47 Å². The number of hydrogen-bond acceptors (Lipinski definition) is 5. The lowest BCUT2D eigenvalue weighted by Gasteiger charge is -2.10. The Labute approximate surface area is 151 Å². The van der Waals surface area contributed by atoms with Crippen LogP contribution in [0.1, 0.15) is 5.56 Å². The van der Waals surface area contributed by atoms with Crippen LogP contribution in [0.2, 0.25) is 0 Å². The number of imidazole rings is 1. The first-order valence-corrected chi connectivity index (χ1v) is 8.24. The highest BCUT2D eigenvalue weighted by atomic mass is 16.5. The maximum atomic E-state index is 5.49. The van der Waals surface area contributed by atoms with E-state index in [1.165, 1.54) is 5.56 Å². The number of fused-ring (bicyclic) bond motifs is 1. The molecule has 0 N–H and O–H groups in total. The second-order valence-corrected chi connectivity index (χ2v) is 5.79. The van der Waals surface area contributed by atoms with Gasteiger partial charge in [0.05, 0.1) is 27.1 Å². The highest BCUT2D eigenvalue weighted by Crippen LogP contribution is 2.33. The minimum absolute atomic E-state index is 0.299. The Balaban J connectivity index is 1.89. The average molecular weight is 346 g/mol. The van der Waals surface area contributed by atoms with Crippen LogP contribution in [0.25, 0.3) is 22.4 Å². The summed E-state index contributed by atoms with van der Waals surface area (Å²) in [6.07, 6.45) is 1.78. The largest absolute Gasteiger partial charge is 0.496 e. The van der Waals surface area contributed by atoms with Gasteiger partial charge in [0.2, 0.25) is 0 Å². The molecule has 4 aromatic rings. The van der Waals surface area contributed by atoms with Crippen molar-refractivity contribution in [3.05, 3.63) is 66.5 Å². The van der Waals surface area contributed by atoms with E-state index < -0.39 is 0 Å². The van der Waals surface area contributed by atoms with Gasteiger partial charge in [0, 0.05) is 5.56 Å². The van der Waals surface area contributed by atoms with Gasteiger partial charge < -0.3 is 14.0 Å². The third-order valence-corrected chi connectivity index (χ3v) is 4.18. The molecule has 0 radical (unpaired) electrons. The number of aromatic nitrogens is 4. The lowest BCUT2D eigenvalue weighted by atomic mass is 10.1. The van der Waals surface area contributed by atoms with Crippen molar-refractivity contribution in [2.45, 2.75) is 6.54 Å². The molecule has 0 saturated heterocycles. The first-order chi connectivity index (χ1) is 12.8. The molecule has 0 fully saturated rings. The number of rotatable bonds is 5. The van der Waals surface area contributed by atoms with Crippen molar-refractivity contribution in [3.8, 4) is 23.0 Å². The molecule has 2 heterocycles. The molecule has 2 aromatic carbocycles. The third kappa shape index (κ3) is 2.86. The third-order valence-electron chi connectivity index (χ3n) is 4.18. The van der Waals surface area contributed by atoms with Crippen molar-refractivity contribution < 1.29 is 9.47 Å². The summed E-state index contributed by atoms with van der Waals surface area (Å²) < 4.78 is 12.8. The van der Waals surface area contributed by atoms with E-state index in [2.05, 4.69) is 27.1 Å². The Bertz CT molecular complexity index is 1040. The quantitative estimate of drug-likeness (QED) is 0.553. The maximum Gasteiger partial charge on any atom is 0.318 e. The molecular formula is C20H18N4O2. The van der Waals surface area contributed by atoms with E-state index in [0.717, 1.165) is 17.0 Å². The van der Waals surface area contributed by atoms with Gasteiger partial charge in [-0.3, -0.25) is 0 Å². The molecule has 2 aromatic heterocycles. The van der Waals surface area contributed by atoms with E-state index >= 15 is 0 Å². The van der Waals surface area contributed by atoms with Crippen LogP contribution in [0, 0.1) is 0 Å². The molecule has 0 amide bonds. The summed E-state index contributed by atoms with van der Waals surface area (Å²) in [6.45, 7) is 0.670. The Morgan fingerprint density at radius 2 is 1.65 bits per heavy atom. The molecule has 0 bridgehead atoms. The minimum Gasteiger partial charge on any atom is -0.496 e. The summed E-state index contributed by atoms with van der Waals surface area (Å²) in [6, 6.07) is 18.2. The van der Waals surface area contributed by atoms with Gasteiger partial charge in [0.15, 0.2) is 5.65 Å². The Morgan fingerprint density at radius 3 is 2.42 bits per heavy atom. The molecule has 0 spiro atoms. The standard InChI is InChI=1S/C20H18N4O2/c1-25-16-11-7-6-10-15(16)17-18-19(23-20(22-17)26-2)24(13-21-18)12-14-8-4-3-5-9-14/h3-11,13H,12H2,1-2H3. The summed E-state index contributed by atoms with van der Waals surface area (Å²) in [5.41, 5.74) is 4.15. The van der Waals surface area contributed by atoms with Crippen molar-refractivity contribution in [3.63, 3.8) is 0 Å². The lowest BCUT2D eigenvalue weighted by Crippen LogP contribution is -2.02. The van der Waals surface area contributed by atoms with Crippen LogP contribution < -0.4 is 9.47 Å². The van der Waals surface area contributed by atoms with E-state index in [9.17, 15) is 0 Å². The van der Waals surface area contributed by atoms with Crippen LogP contribution in [-0.2, 0) is 6.54 Å². The Kier molecular flexibility index (Phi) is 4.23. The molecule has 4 rings (SSSR count). The molecule has 0 atom stereocenters. The van der Waals surface area contributed by atoms with Crippen molar-refractivity contribution in [2.24, 2.45) is 0 Å². The summed E-state index contributed by atoms with van der Waals surface area (Å²) >= 11 is 0. The summed E-state index contributed by atoms with van der Waals surface area (Å²) in [7, 11) is 3.20. The molecule has 0 unspecified atom stereocenters. The zero-order valence-corrected chi connectivity index (χ0v) is 14.6. The zero-order chi connectivity index (χ0) is 17.9. The summed E-state index contributed by atoms with van der Waals surface area (Å²) in [4.78, 5) is 13.6. The van der Waals surface area contributed by atoms with E-state index in [1.807, 2.05) is 47.0 Å². The van der Waals surface area contributed by atoms with Crippen molar-refractivity contribution >= 4 is 11.2 Å². The van der Waals surface area contributed by atoms with Crippen LogP contribution in [-0.4, -0.2) is 33.7 Å². The summed E-state index contributed by atoms with van der Waals surface area (Å²) in [5, 5.41) is 0. The van der Waals surface area contributed by atoms with Crippen LogP contribution in [0.3, 0.4) is 0 Å². The SMILES string of the molecule is COc1nc(-c2ccccc2OC)c2ncn(Cc3ccccc3)c2n1. The normalized spacial score (nSPS) is 10.8. The van der Waals surface area contributed by atoms with Crippen molar-refractivity contribution in [1.29, 1.82) is 0 Å². The van der Waals surface area contributed by atoms with Gasteiger partial charge in [-0.25, -0.2) is 4.98 Å². The molecule has 26 heavy (non-hydrogen) atoms. The first-order valence-electron chi connectivity index (χ1n) is 8.24. The number of para-hydroxylation sites is 1. The van der Waals surface area contributed by atoms with Crippen LogP contribution in [0.15, 0.2) is 60.9 Å². The smallest absolute Gasteiger partial charge is 0.318 e. The number of ether oxygens (including phenoxy) is 2. The summed E-state index contributed by atoms with van der Waals surface area (Å²) in [5.74, 6) is 0.729. The van der Waals surface area contributed by atoms with Crippen LogP contribution >= 0.6 is 0 Å². The fraction of sp³-hybridized carbons (Fsp3) is 0.150. The molecule has 0 saturated carbocycles. The molecule has 0 aliphatic rings. The Hall–Kier alpha value is -3.41. The number of methoxy groups -OCH3 is 2. The fourth-order valence-electron chi connectivity index (χ4n) is 2.94. The molecule has 130 valence electrons. The number of nitrogens with zero attached hydrogens (tertiary/aromatic N) is 4. The van der Waals surface area contributed by atoms with E-state index in [-0.39, 0.29) is 0 Å². The van der Waals surface area contributed by atoms with Crippen molar-refractivity contribution in [2.75, 3.05) is 14.2 Å². The van der Waals surface area contributed by atoms with E-state index in [0.29, 0.717) is 23.8 Å². The van der Waals surface area contributed by atoms with Crippen molar-refractivity contribution in [1.82, 2.24) is 19.5 Å². The predicted molar refractivity (Wildman–Crippen MR) is 99.4 cm³/mol. The van der Waals surface area contributed by atoms with Gasteiger partial charge in [0.25, 0.3) is 0 Å². The van der Waals surface area contributed by atoms with Crippen LogP contribution in [0.4, 0.5) is 0 Å². The average Bonchev–Trinajstić information content (AvgIpc) is 3.10. The highest BCUT2D eigenvalue weighted by Gasteiger charge is 2.18. The maximum absolute atomic E-state index is 5.49. The minimum atomic E-state index is 0.299. The Morgan fingerprint density at radius 1 is 0.885 bits per heavy atom. The lowest BCUT2D eigenvalue weighted by molar-refractivity contribution is 0.381. The molecular weight excluding hydrogens is 328 g/mol. The first kappa shape index (κ1) is 16.1. The van der Waals surface area contributed by atoms with Gasteiger partial charge in [-0.1, -0.05) is 42.5 Å². The van der Waals surface area contributed by atoms with Gasteiger partial charge >= 0.3 is 6.01 Å². The second-order valence-electron chi connectivity index (χ2n) is 5.79. The number of benzene rings is 2. The zero-order valence-electron chi connectivity index (χ0n) is 14.6. The molecule has 0 aliphatic heterocycles. The molecule has 0 aliphatic carbocycles. The molecule has 6 nitrogen and oxygen atoms in total. The van der Waals surface area contributed by atoms with Gasteiger partial charge in [-0.15, -0.1) is 0 Å².